The quantitative estimate of drug-likeness (QED) is 0.536. The average Bonchev–Trinajstić information content (AvgIpc) is 2.63. The first-order valence-electron chi connectivity index (χ1n) is 8.54. The van der Waals surface area contributed by atoms with E-state index in [0.717, 1.165) is 11.1 Å². The van der Waals surface area contributed by atoms with Gasteiger partial charge in [-0.15, -0.1) is 0 Å². The predicted molar refractivity (Wildman–Crippen MR) is 106 cm³/mol. The van der Waals surface area contributed by atoms with Crippen LogP contribution < -0.4 is 14.2 Å². The van der Waals surface area contributed by atoms with E-state index < -0.39 is 0 Å². The number of hydrogen-bond donors (Lipinski definition) is 0. The summed E-state index contributed by atoms with van der Waals surface area (Å²) < 4.78 is 22.2. The van der Waals surface area contributed by atoms with Crippen LogP contribution in [0.3, 0.4) is 0 Å². The van der Waals surface area contributed by atoms with Crippen LogP contribution in [-0.4, -0.2) is 33.5 Å². The molecule has 2 rings (SSSR count). The van der Waals surface area contributed by atoms with Gasteiger partial charge in [0.05, 0.1) is 25.3 Å². The van der Waals surface area contributed by atoms with E-state index in [-0.39, 0.29) is 0 Å². The van der Waals surface area contributed by atoms with Gasteiger partial charge in [0.1, 0.15) is 19.0 Å². The van der Waals surface area contributed by atoms with Gasteiger partial charge in [-0.25, -0.2) is 0 Å². The first kappa shape index (κ1) is 20.1. The van der Waals surface area contributed by atoms with E-state index in [9.17, 15) is 0 Å². The Morgan fingerprint density at radius 3 is 2.23 bits per heavy atom. The van der Waals surface area contributed by atoms with Crippen LogP contribution in [0, 0.1) is 6.92 Å². The van der Waals surface area contributed by atoms with E-state index in [2.05, 4.69) is 0 Å². The molecule has 0 heterocycles. The fourth-order valence-corrected chi connectivity index (χ4v) is 2.64. The molecule has 0 saturated carbocycles. The molecule has 0 aliphatic carbocycles. The van der Waals surface area contributed by atoms with Gasteiger partial charge in [-0.1, -0.05) is 35.9 Å². The highest BCUT2D eigenvalue weighted by Gasteiger charge is 2.05. The Morgan fingerprint density at radius 1 is 0.885 bits per heavy atom. The summed E-state index contributed by atoms with van der Waals surface area (Å²) in [6, 6.07) is 11.5. The number of rotatable bonds is 10. The van der Waals surface area contributed by atoms with Crippen molar-refractivity contribution < 1.29 is 18.9 Å². The Balaban J connectivity index is 1.67. The van der Waals surface area contributed by atoms with Crippen LogP contribution in [0.5, 0.6) is 17.2 Å². The number of aryl methyl sites for hydroxylation is 1. The fourth-order valence-electron chi connectivity index (χ4n) is 2.35. The van der Waals surface area contributed by atoms with Crippen molar-refractivity contribution in [2.75, 3.05) is 33.5 Å². The summed E-state index contributed by atoms with van der Waals surface area (Å²) in [6.45, 7) is 5.76. The van der Waals surface area contributed by atoms with Gasteiger partial charge in [0.15, 0.2) is 11.5 Å². The van der Waals surface area contributed by atoms with Gasteiger partial charge >= 0.3 is 0 Å². The van der Waals surface area contributed by atoms with Gasteiger partial charge in [-0.3, -0.25) is 0 Å². The number of allylic oxidation sites excluding steroid dienone is 1. The molecule has 0 unspecified atom stereocenters. The standard InChI is InChI=1S/C21H25ClO4/c1-4-5-17-7-9-20(21(15-17)23-3)26-13-11-24-10-12-25-19-8-6-16(2)14-18(19)22/h4-9,14-15H,10-13H2,1-3H3. The lowest BCUT2D eigenvalue weighted by Crippen LogP contribution is -2.12. The van der Waals surface area contributed by atoms with Gasteiger partial charge < -0.3 is 18.9 Å². The maximum atomic E-state index is 6.12. The van der Waals surface area contributed by atoms with Crippen molar-refractivity contribution in [3.05, 3.63) is 58.6 Å². The lowest BCUT2D eigenvalue weighted by Gasteiger charge is -2.12. The first-order chi connectivity index (χ1) is 12.6. The van der Waals surface area contributed by atoms with Crippen molar-refractivity contribution in [3.63, 3.8) is 0 Å². The second-order valence-corrected chi connectivity index (χ2v) is 6.06. The summed E-state index contributed by atoms with van der Waals surface area (Å²) in [7, 11) is 1.63. The molecule has 0 spiro atoms. The lowest BCUT2D eigenvalue weighted by molar-refractivity contribution is 0.0757. The average molecular weight is 377 g/mol. The zero-order chi connectivity index (χ0) is 18.8. The number of hydrogen-bond acceptors (Lipinski definition) is 4. The molecular formula is C21H25ClO4. The zero-order valence-corrected chi connectivity index (χ0v) is 16.2. The molecule has 140 valence electrons. The largest absolute Gasteiger partial charge is 0.493 e. The maximum absolute atomic E-state index is 6.12. The molecule has 0 amide bonds. The van der Waals surface area contributed by atoms with Crippen molar-refractivity contribution in [3.8, 4) is 17.2 Å². The van der Waals surface area contributed by atoms with Crippen LogP contribution in [0.1, 0.15) is 18.1 Å². The summed E-state index contributed by atoms with van der Waals surface area (Å²) in [4.78, 5) is 0. The molecule has 0 bridgehead atoms. The van der Waals surface area contributed by atoms with Gasteiger partial charge in [0, 0.05) is 0 Å². The van der Waals surface area contributed by atoms with Gasteiger partial charge in [-0.2, -0.15) is 0 Å². The zero-order valence-electron chi connectivity index (χ0n) is 15.5. The normalized spacial score (nSPS) is 10.9. The van der Waals surface area contributed by atoms with Crippen molar-refractivity contribution in [1.82, 2.24) is 0 Å². The minimum Gasteiger partial charge on any atom is -0.493 e. The molecule has 0 fully saturated rings. The highest BCUT2D eigenvalue weighted by Crippen LogP contribution is 2.28. The molecule has 2 aromatic carbocycles. The highest BCUT2D eigenvalue weighted by molar-refractivity contribution is 6.32. The van der Waals surface area contributed by atoms with Crippen LogP contribution in [0.25, 0.3) is 6.08 Å². The molecule has 0 N–H and O–H groups in total. The van der Waals surface area contributed by atoms with Crippen LogP contribution in [0.15, 0.2) is 42.5 Å². The Labute approximate surface area is 160 Å². The third-order valence-electron chi connectivity index (χ3n) is 3.60. The Bertz CT molecular complexity index is 728. The minimum atomic E-state index is 0.435. The molecule has 26 heavy (non-hydrogen) atoms. The molecule has 0 saturated heterocycles. The molecular weight excluding hydrogens is 352 g/mol. The van der Waals surface area contributed by atoms with Crippen LogP contribution in [0.2, 0.25) is 5.02 Å². The monoisotopic (exact) mass is 376 g/mol. The molecule has 0 aliphatic heterocycles. The first-order valence-corrected chi connectivity index (χ1v) is 8.92. The van der Waals surface area contributed by atoms with Crippen molar-refractivity contribution in [2.24, 2.45) is 0 Å². The van der Waals surface area contributed by atoms with Gasteiger partial charge in [0.2, 0.25) is 0 Å². The molecule has 2 aromatic rings. The van der Waals surface area contributed by atoms with Crippen molar-refractivity contribution >= 4 is 17.7 Å². The summed E-state index contributed by atoms with van der Waals surface area (Å²) in [5, 5.41) is 0.613. The van der Waals surface area contributed by atoms with Crippen LogP contribution in [0.4, 0.5) is 0 Å². The van der Waals surface area contributed by atoms with E-state index in [1.54, 1.807) is 7.11 Å². The molecule has 0 atom stereocenters. The Morgan fingerprint density at radius 2 is 1.58 bits per heavy atom. The molecule has 4 nitrogen and oxygen atoms in total. The molecule has 0 aromatic heterocycles. The summed E-state index contributed by atoms with van der Waals surface area (Å²) in [5.41, 5.74) is 2.17. The van der Waals surface area contributed by atoms with Gasteiger partial charge in [0.25, 0.3) is 0 Å². The topological polar surface area (TPSA) is 36.9 Å². The molecule has 0 radical (unpaired) electrons. The fraction of sp³-hybridized carbons (Fsp3) is 0.333. The number of halogens is 1. The van der Waals surface area contributed by atoms with E-state index in [0.29, 0.717) is 48.7 Å². The van der Waals surface area contributed by atoms with E-state index in [4.69, 9.17) is 30.5 Å². The van der Waals surface area contributed by atoms with E-state index in [1.165, 1.54) is 0 Å². The van der Waals surface area contributed by atoms with Crippen molar-refractivity contribution in [2.45, 2.75) is 13.8 Å². The lowest BCUT2D eigenvalue weighted by atomic mass is 10.2. The number of benzene rings is 2. The minimum absolute atomic E-state index is 0.435. The van der Waals surface area contributed by atoms with E-state index >= 15 is 0 Å². The van der Waals surface area contributed by atoms with Gasteiger partial charge in [-0.05, 0) is 49.2 Å². The third-order valence-corrected chi connectivity index (χ3v) is 3.90. The smallest absolute Gasteiger partial charge is 0.161 e. The van der Waals surface area contributed by atoms with Crippen LogP contribution in [-0.2, 0) is 4.74 Å². The molecule has 0 aliphatic rings. The SMILES string of the molecule is CC=Cc1ccc(OCCOCCOc2ccc(C)cc2Cl)c(OC)c1. The van der Waals surface area contributed by atoms with Crippen LogP contribution >= 0.6 is 11.6 Å². The Kier molecular flexibility index (Phi) is 8.32. The third kappa shape index (κ3) is 6.28. The number of ether oxygens (including phenoxy) is 4. The van der Waals surface area contributed by atoms with E-state index in [1.807, 2.05) is 62.4 Å². The summed E-state index contributed by atoms with van der Waals surface area (Å²) in [6.07, 6.45) is 3.99. The Hall–Kier alpha value is -2.17. The maximum Gasteiger partial charge on any atom is 0.161 e. The second-order valence-electron chi connectivity index (χ2n) is 5.65. The number of methoxy groups -OCH3 is 1. The highest BCUT2D eigenvalue weighted by atomic mass is 35.5. The predicted octanol–water partition coefficient (Wildman–Crippen LogP) is 5.16. The summed E-state index contributed by atoms with van der Waals surface area (Å²) in [5.74, 6) is 2.08. The van der Waals surface area contributed by atoms with Crippen molar-refractivity contribution in [1.29, 1.82) is 0 Å². The second kappa shape index (κ2) is 10.7. The summed E-state index contributed by atoms with van der Waals surface area (Å²) >= 11 is 6.12. The molecule has 5 heteroatoms.